The quantitative estimate of drug-likeness (QED) is 0.393. The van der Waals surface area contributed by atoms with Crippen LogP contribution in [0.3, 0.4) is 0 Å². The average Bonchev–Trinajstić information content (AvgIpc) is 2.38. The van der Waals surface area contributed by atoms with Gasteiger partial charge in [0.25, 0.3) is 0 Å². The number of nitrogens with one attached hydrogen (secondary N) is 1. The van der Waals surface area contributed by atoms with Crippen LogP contribution in [-0.2, 0) is 9.53 Å². The Balaban J connectivity index is 2.60. The Hall–Kier alpha value is -2.73. The summed E-state index contributed by atoms with van der Waals surface area (Å²) in [5.74, 6) is -0.561. The second-order valence-corrected chi connectivity index (χ2v) is 3.41. The van der Waals surface area contributed by atoms with Gasteiger partial charge in [-0.25, -0.2) is 4.98 Å². The van der Waals surface area contributed by atoms with E-state index in [1.54, 1.807) is 6.07 Å². The van der Waals surface area contributed by atoms with E-state index in [0.717, 1.165) is 6.07 Å². The second kappa shape index (κ2) is 6.87. The van der Waals surface area contributed by atoms with Gasteiger partial charge in [-0.05, 0) is 0 Å². The first-order valence-corrected chi connectivity index (χ1v) is 5.19. The highest BCUT2D eigenvalue weighted by Gasteiger charge is 2.15. The van der Waals surface area contributed by atoms with Crippen molar-refractivity contribution in [3.05, 3.63) is 27.9 Å². The lowest BCUT2D eigenvalue weighted by molar-refractivity contribution is -0.384. The summed E-state index contributed by atoms with van der Waals surface area (Å²) in [7, 11) is 0. The van der Waals surface area contributed by atoms with Gasteiger partial charge in [-0.1, -0.05) is 0 Å². The molecular formula is C10H11N5O4. The number of anilines is 1. The molecule has 3 N–H and O–H groups in total. The molecule has 19 heavy (non-hydrogen) atoms. The first kappa shape index (κ1) is 14.3. The highest BCUT2D eigenvalue weighted by Crippen LogP contribution is 2.21. The molecule has 0 fully saturated rings. The normalized spacial score (nSPS) is 9.63. The number of carbonyl (C=O) groups is 1. The number of nitrogens with zero attached hydrogens (tertiary/aromatic N) is 3. The van der Waals surface area contributed by atoms with Crippen LogP contribution in [0.5, 0.6) is 0 Å². The molecule has 0 aliphatic carbocycles. The van der Waals surface area contributed by atoms with Gasteiger partial charge in [0.05, 0.1) is 17.1 Å². The third kappa shape index (κ3) is 4.57. The Labute approximate surface area is 108 Å². The molecule has 1 heterocycles. The topological polar surface area (TPSA) is 144 Å². The van der Waals surface area contributed by atoms with E-state index in [2.05, 4.69) is 10.3 Å². The predicted molar refractivity (Wildman–Crippen MR) is 64.1 cm³/mol. The molecule has 9 heteroatoms. The zero-order valence-electron chi connectivity index (χ0n) is 9.83. The molecule has 0 unspecified atom stereocenters. The maximum absolute atomic E-state index is 10.8. The monoisotopic (exact) mass is 265 g/mol. The zero-order chi connectivity index (χ0) is 14.3. The molecule has 0 aliphatic rings. The van der Waals surface area contributed by atoms with Crippen LogP contribution < -0.4 is 11.1 Å². The van der Waals surface area contributed by atoms with Crippen molar-refractivity contribution in [1.29, 1.82) is 5.26 Å². The summed E-state index contributed by atoms with van der Waals surface area (Å²) in [5.41, 5.74) is 4.67. The van der Waals surface area contributed by atoms with Crippen LogP contribution in [0.1, 0.15) is 5.56 Å². The lowest BCUT2D eigenvalue weighted by Crippen LogP contribution is -2.20. The largest absolute Gasteiger partial charge is 0.370 e. The minimum absolute atomic E-state index is 0.0340. The van der Waals surface area contributed by atoms with Gasteiger partial charge in [0.15, 0.2) is 0 Å². The fourth-order valence-corrected chi connectivity index (χ4v) is 1.20. The lowest BCUT2D eigenvalue weighted by atomic mass is 10.3. The minimum Gasteiger partial charge on any atom is -0.370 e. The molecule has 0 radical (unpaired) electrons. The maximum Gasteiger partial charge on any atom is 0.312 e. The number of amides is 1. The molecular weight excluding hydrogens is 254 g/mol. The molecule has 1 rings (SSSR count). The summed E-state index contributed by atoms with van der Waals surface area (Å²) in [6.07, 6.45) is 1.22. The number of pyridine rings is 1. The maximum atomic E-state index is 10.8. The van der Waals surface area contributed by atoms with Crippen LogP contribution in [0, 0.1) is 21.4 Å². The van der Waals surface area contributed by atoms with Gasteiger partial charge in [-0.15, -0.1) is 0 Å². The van der Waals surface area contributed by atoms with Gasteiger partial charge >= 0.3 is 5.69 Å². The predicted octanol–water partition coefficient (Wildman–Crippen LogP) is -0.225. The smallest absolute Gasteiger partial charge is 0.312 e. The molecule has 0 saturated heterocycles. The lowest BCUT2D eigenvalue weighted by Gasteiger charge is -2.06. The van der Waals surface area contributed by atoms with E-state index in [0.29, 0.717) is 0 Å². The van der Waals surface area contributed by atoms with Crippen molar-refractivity contribution >= 4 is 17.4 Å². The van der Waals surface area contributed by atoms with Crippen molar-refractivity contribution in [2.45, 2.75) is 0 Å². The Morgan fingerprint density at radius 2 is 2.42 bits per heavy atom. The Bertz CT molecular complexity index is 525. The van der Waals surface area contributed by atoms with Gasteiger partial charge in [0, 0.05) is 18.8 Å². The number of ether oxygens (including phenoxy) is 1. The van der Waals surface area contributed by atoms with Gasteiger partial charge in [0.1, 0.15) is 12.7 Å². The third-order valence-corrected chi connectivity index (χ3v) is 1.98. The molecule has 1 aromatic heterocycles. The molecule has 100 valence electrons. The van der Waals surface area contributed by atoms with Crippen LogP contribution >= 0.6 is 0 Å². The van der Waals surface area contributed by atoms with E-state index < -0.39 is 10.8 Å². The van der Waals surface area contributed by atoms with Crippen molar-refractivity contribution in [3.8, 4) is 6.07 Å². The van der Waals surface area contributed by atoms with Gasteiger partial charge < -0.3 is 15.8 Å². The molecule has 0 saturated carbocycles. The van der Waals surface area contributed by atoms with Crippen molar-refractivity contribution in [3.63, 3.8) is 0 Å². The molecule has 0 aromatic carbocycles. The number of nitro groups is 1. The molecule has 1 aromatic rings. The number of hydrogen-bond acceptors (Lipinski definition) is 7. The number of rotatable bonds is 7. The second-order valence-electron chi connectivity index (χ2n) is 3.41. The third-order valence-electron chi connectivity index (χ3n) is 1.98. The standard InChI is InChI=1S/C10H11N5O4/c11-4-7-3-8(15(17)18)10(14-5-7)13-1-2-19-6-9(12)16/h3,5H,1-2,6H2,(H2,12,16)(H,13,14). The van der Waals surface area contributed by atoms with E-state index >= 15 is 0 Å². The number of primary amides is 1. The zero-order valence-corrected chi connectivity index (χ0v) is 9.83. The number of nitriles is 1. The summed E-state index contributed by atoms with van der Waals surface area (Å²) in [4.78, 5) is 24.3. The van der Waals surface area contributed by atoms with Gasteiger partial charge in [-0.2, -0.15) is 5.26 Å². The first-order chi connectivity index (χ1) is 9.04. The Kier molecular flexibility index (Phi) is 5.18. The van der Waals surface area contributed by atoms with Crippen molar-refractivity contribution in [2.24, 2.45) is 5.73 Å². The van der Waals surface area contributed by atoms with E-state index in [-0.39, 0.29) is 36.8 Å². The summed E-state index contributed by atoms with van der Waals surface area (Å²) in [5, 5.41) is 22.1. The summed E-state index contributed by atoms with van der Waals surface area (Å²) < 4.78 is 4.88. The highest BCUT2D eigenvalue weighted by molar-refractivity contribution is 5.74. The van der Waals surface area contributed by atoms with E-state index in [4.69, 9.17) is 15.7 Å². The summed E-state index contributed by atoms with van der Waals surface area (Å²) in [6, 6.07) is 2.89. The Morgan fingerprint density at radius 1 is 1.68 bits per heavy atom. The molecule has 0 bridgehead atoms. The minimum atomic E-state index is -0.638. The van der Waals surface area contributed by atoms with E-state index in [1.807, 2.05) is 0 Å². The summed E-state index contributed by atoms with van der Waals surface area (Å²) >= 11 is 0. The van der Waals surface area contributed by atoms with Crippen LogP contribution in [0.25, 0.3) is 0 Å². The molecule has 0 atom stereocenters. The van der Waals surface area contributed by atoms with Crippen molar-refractivity contribution < 1.29 is 14.5 Å². The molecule has 1 amide bonds. The number of hydrogen-bond donors (Lipinski definition) is 2. The number of carbonyl (C=O) groups excluding carboxylic acids is 1. The van der Waals surface area contributed by atoms with Gasteiger partial charge in [-0.3, -0.25) is 14.9 Å². The van der Waals surface area contributed by atoms with Crippen molar-refractivity contribution in [2.75, 3.05) is 25.1 Å². The van der Waals surface area contributed by atoms with Crippen LogP contribution in [0.4, 0.5) is 11.5 Å². The average molecular weight is 265 g/mol. The SMILES string of the molecule is N#Cc1cnc(NCCOCC(N)=O)c([N+](=O)[O-])c1. The molecule has 9 nitrogen and oxygen atoms in total. The Morgan fingerprint density at radius 3 is 3.00 bits per heavy atom. The fourth-order valence-electron chi connectivity index (χ4n) is 1.20. The van der Waals surface area contributed by atoms with Crippen LogP contribution in [0.15, 0.2) is 12.3 Å². The van der Waals surface area contributed by atoms with E-state index in [9.17, 15) is 14.9 Å². The number of nitrogens with two attached hydrogens (primary N) is 1. The van der Waals surface area contributed by atoms with Crippen molar-refractivity contribution in [1.82, 2.24) is 4.98 Å². The molecule has 0 spiro atoms. The molecule has 0 aliphatic heterocycles. The summed E-state index contributed by atoms with van der Waals surface area (Å²) in [6.45, 7) is 0.138. The number of aromatic nitrogens is 1. The first-order valence-electron chi connectivity index (χ1n) is 5.19. The van der Waals surface area contributed by atoms with Crippen LogP contribution in [-0.4, -0.2) is 35.6 Å². The van der Waals surface area contributed by atoms with Gasteiger partial charge in [0.2, 0.25) is 11.7 Å². The van der Waals surface area contributed by atoms with Crippen LogP contribution in [0.2, 0.25) is 0 Å². The highest BCUT2D eigenvalue weighted by atomic mass is 16.6. The van der Waals surface area contributed by atoms with E-state index in [1.165, 1.54) is 6.20 Å². The fraction of sp³-hybridized carbons (Fsp3) is 0.300.